The van der Waals surface area contributed by atoms with Gasteiger partial charge in [-0.25, -0.2) is 0 Å². The number of hydrogen-bond donors (Lipinski definition) is 1. The van der Waals surface area contributed by atoms with Crippen molar-refractivity contribution in [2.24, 2.45) is 5.41 Å². The van der Waals surface area contributed by atoms with E-state index in [9.17, 15) is 9.59 Å². The number of Topliss-reactive ketones (excluding diaryl/α,β-unsaturated/α-hetero) is 1. The molecule has 0 radical (unpaired) electrons. The largest absolute Gasteiger partial charge is 0.362 e. The lowest BCUT2D eigenvalue weighted by Gasteiger charge is -2.40. The number of carbonyl (C=O) groups excluding carboxylic acids is 2. The van der Waals surface area contributed by atoms with E-state index >= 15 is 0 Å². The van der Waals surface area contributed by atoms with Gasteiger partial charge in [0.05, 0.1) is 0 Å². The Morgan fingerprint density at radius 2 is 1.79 bits per heavy atom. The number of carbonyl (C=O) groups is 2. The highest BCUT2D eigenvalue weighted by Crippen LogP contribution is 2.49. The van der Waals surface area contributed by atoms with Crippen LogP contribution in [0.15, 0.2) is 40.7 Å². The normalized spacial score (nSPS) is 21.1. The maximum absolute atomic E-state index is 13.5. The van der Waals surface area contributed by atoms with Crippen LogP contribution >= 0.6 is 23.2 Å². The van der Waals surface area contributed by atoms with Crippen LogP contribution in [0.2, 0.25) is 10.0 Å². The number of rotatable bonds is 4. The first-order valence-corrected chi connectivity index (χ1v) is 10.9. The highest BCUT2D eigenvalue weighted by Gasteiger charge is 2.46. The summed E-state index contributed by atoms with van der Waals surface area (Å²) in [6.45, 7) is 10.9. The minimum absolute atomic E-state index is 0.0459. The molecule has 0 saturated carbocycles. The number of amides is 1. The van der Waals surface area contributed by atoms with Gasteiger partial charge in [0.2, 0.25) is 0 Å². The third-order valence-electron chi connectivity index (χ3n) is 6.07. The number of dihydropyridines is 1. The second-order valence-corrected chi connectivity index (χ2v) is 9.13. The molecule has 29 heavy (non-hydrogen) atoms. The van der Waals surface area contributed by atoms with Crippen molar-refractivity contribution >= 4 is 34.9 Å². The van der Waals surface area contributed by atoms with E-state index in [1.807, 2.05) is 34.6 Å². The Morgan fingerprint density at radius 3 is 2.34 bits per heavy atom. The van der Waals surface area contributed by atoms with E-state index < -0.39 is 11.3 Å². The maximum Gasteiger partial charge on any atom is 0.252 e. The van der Waals surface area contributed by atoms with Gasteiger partial charge in [0.1, 0.15) is 0 Å². The number of nitrogens with one attached hydrogen (secondary N) is 1. The van der Waals surface area contributed by atoms with Crippen molar-refractivity contribution in [3.05, 3.63) is 56.3 Å². The smallest absolute Gasteiger partial charge is 0.252 e. The second-order valence-electron chi connectivity index (χ2n) is 8.31. The molecule has 4 nitrogen and oxygen atoms in total. The summed E-state index contributed by atoms with van der Waals surface area (Å²) in [4.78, 5) is 28.8. The number of nitrogens with zero attached hydrogens (tertiary/aromatic N) is 1. The molecule has 1 unspecified atom stereocenters. The van der Waals surface area contributed by atoms with Crippen molar-refractivity contribution < 1.29 is 9.59 Å². The van der Waals surface area contributed by atoms with Crippen LogP contribution in [0.25, 0.3) is 0 Å². The Labute approximate surface area is 182 Å². The Balaban J connectivity index is 2.29. The molecule has 1 amide bonds. The van der Waals surface area contributed by atoms with Crippen LogP contribution in [0, 0.1) is 5.41 Å². The molecule has 0 aromatic heterocycles. The van der Waals surface area contributed by atoms with Crippen LogP contribution in [0.3, 0.4) is 0 Å². The minimum atomic E-state index is -0.576. The standard InChI is InChI=1S/C23H28Cl2N2O2/c1-6-27(7-2)22(29)17-13(3)26-16-11-12-23(4,5)21(28)19(16)20(17)18-14(24)9-8-10-15(18)25/h8-10,20,26H,6-7,11-12H2,1-5H3. The van der Waals surface area contributed by atoms with Gasteiger partial charge in [-0.3, -0.25) is 9.59 Å². The zero-order valence-electron chi connectivity index (χ0n) is 17.7. The summed E-state index contributed by atoms with van der Waals surface area (Å²) in [5.74, 6) is -0.624. The van der Waals surface area contributed by atoms with Gasteiger partial charge in [0, 0.05) is 62.6 Å². The molecule has 3 rings (SSSR count). The molecule has 156 valence electrons. The fraction of sp³-hybridized carbons (Fsp3) is 0.478. The van der Waals surface area contributed by atoms with E-state index in [4.69, 9.17) is 23.2 Å². The summed E-state index contributed by atoms with van der Waals surface area (Å²) in [7, 11) is 0. The van der Waals surface area contributed by atoms with E-state index in [1.54, 1.807) is 23.1 Å². The van der Waals surface area contributed by atoms with Crippen LogP contribution < -0.4 is 5.32 Å². The first kappa shape index (κ1) is 21.9. The molecule has 1 N–H and O–H groups in total. The van der Waals surface area contributed by atoms with Crippen molar-refractivity contribution in [2.45, 2.75) is 53.4 Å². The Bertz CT molecular complexity index is 907. The zero-order chi connectivity index (χ0) is 21.5. The van der Waals surface area contributed by atoms with Gasteiger partial charge < -0.3 is 10.2 Å². The van der Waals surface area contributed by atoms with Gasteiger partial charge in [0.25, 0.3) is 5.91 Å². The van der Waals surface area contributed by atoms with E-state index in [-0.39, 0.29) is 11.7 Å². The molecule has 0 spiro atoms. The van der Waals surface area contributed by atoms with Crippen LogP contribution in [0.4, 0.5) is 0 Å². The minimum Gasteiger partial charge on any atom is -0.362 e. The van der Waals surface area contributed by atoms with Gasteiger partial charge in [-0.2, -0.15) is 0 Å². The average Bonchev–Trinajstić information content (AvgIpc) is 2.65. The molecule has 1 aliphatic carbocycles. The summed E-state index contributed by atoms with van der Waals surface area (Å²) in [6, 6.07) is 5.30. The maximum atomic E-state index is 13.5. The lowest BCUT2D eigenvalue weighted by atomic mass is 9.67. The molecular weight excluding hydrogens is 407 g/mol. The second kappa shape index (κ2) is 8.16. The van der Waals surface area contributed by atoms with E-state index in [1.165, 1.54) is 0 Å². The number of hydrogen-bond acceptors (Lipinski definition) is 3. The lowest BCUT2D eigenvalue weighted by Crippen LogP contribution is -2.43. The summed E-state index contributed by atoms with van der Waals surface area (Å²) < 4.78 is 0. The van der Waals surface area contributed by atoms with Crippen molar-refractivity contribution in [3.8, 4) is 0 Å². The van der Waals surface area contributed by atoms with E-state index in [0.29, 0.717) is 39.8 Å². The topological polar surface area (TPSA) is 49.4 Å². The van der Waals surface area contributed by atoms with Gasteiger partial charge in [-0.05, 0) is 45.7 Å². The SMILES string of the molecule is CCN(CC)C(=O)C1=C(C)NC2=C(C(=O)C(C)(C)CC2)C1c1c(Cl)cccc1Cl. The van der Waals surface area contributed by atoms with Crippen LogP contribution in [0.1, 0.15) is 58.9 Å². The Hall–Kier alpha value is -1.78. The molecule has 1 heterocycles. The zero-order valence-corrected chi connectivity index (χ0v) is 19.2. The van der Waals surface area contributed by atoms with Gasteiger partial charge >= 0.3 is 0 Å². The number of benzene rings is 1. The molecule has 1 aliphatic heterocycles. The molecular formula is C23H28Cl2N2O2. The highest BCUT2D eigenvalue weighted by atomic mass is 35.5. The molecule has 0 bridgehead atoms. The first-order chi connectivity index (χ1) is 13.6. The predicted octanol–water partition coefficient (Wildman–Crippen LogP) is 5.47. The first-order valence-electron chi connectivity index (χ1n) is 10.1. The van der Waals surface area contributed by atoms with Crippen molar-refractivity contribution in [1.29, 1.82) is 0 Å². The van der Waals surface area contributed by atoms with Gasteiger partial charge in [0.15, 0.2) is 5.78 Å². The molecule has 0 saturated heterocycles. The number of ketones is 1. The summed E-state index contributed by atoms with van der Waals surface area (Å²) in [5.41, 5.74) is 2.94. The van der Waals surface area contributed by atoms with Crippen LogP contribution in [0.5, 0.6) is 0 Å². The summed E-state index contributed by atoms with van der Waals surface area (Å²) >= 11 is 13.2. The third kappa shape index (κ3) is 3.73. The third-order valence-corrected chi connectivity index (χ3v) is 6.73. The summed E-state index contributed by atoms with van der Waals surface area (Å²) in [5, 5.41) is 4.29. The fourth-order valence-corrected chi connectivity index (χ4v) is 4.93. The molecule has 1 aromatic rings. The van der Waals surface area contributed by atoms with Crippen molar-refractivity contribution in [2.75, 3.05) is 13.1 Å². The van der Waals surface area contributed by atoms with Crippen LogP contribution in [-0.4, -0.2) is 29.7 Å². The lowest BCUT2D eigenvalue weighted by molar-refractivity contribution is -0.127. The molecule has 2 aliphatic rings. The molecule has 1 atom stereocenters. The number of likely N-dealkylation sites (N-methyl/N-ethyl adjacent to an activating group) is 1. The Morgan fingerprint density at radius 1 is 1.21 bits per heavy atom. The quantitative estimate of drug-likeness (QED) is 0.683. The van der Waals surface area contributed by atoms with Gasteiger partial charge in [-0.15, -0.1) is 0 Å². The number of halogens is 2. The highest BCUT2D eigenvalue weighted by molar-refractivity contribution is 6.36. The predicted molar refractivity (Wildman–Crippen MR) is 118 cm³/mol. The molecule has 1 aromatic carbocycles. The Kier molecular flexibility index (Phi) is 6.16. The average molecular weight is 435 g/mol. The number of allylic oxidation sites excluding steroid dienone is 3. The van der Waals surface area contributed by atoms with E-state index in [2.05, 4.69) is 5.32 Å². The van der Waals surface area contributed by atoms with E-state index in [0.717, 1.165) is 24.2 Å². The van der Waals surface area contributed by atoms with Gasteiger partial charge in [-0.1, -0.05) is 43.1 Å². The van der Waals surface area contributed by atoms with Crippen LogP contribution in [-0.2, 0) is 9.59 Å². The fourth-order valence-electron chi connectivity index (χ4n) is 4.32. The van der Waals surface area contributed by atoms with Crippen molar-refractivity contribution in [1.82, 2.24) is 10.2 Å². The summed E-state index contributed by atoms with van der Waals surface area (Å²) in [6.07, 6.45) is 1.50. The molecule has 0 fully saturated rings. The van der Waals surface area contributed by atoms with Crippen molar-refractivity contribution in [3.63, 3.8) is 0 Å². The molecule has 6 heteroatoms. The monoisotopic (exact) mass is 434 g/mol.